The van der Waals surface area contributed by atoms with Crippen LogP contribution < -0.4 is 10.6 Å². The number of rotatable bonds is 6. The average molecular weight is 285 g/mol. The molecule has 3 amide bonds. The molecule has 0 aromatic carbocycles. The predicted octanol–water partition coefficient (Wildman–Crippen LogP) is 0.551. The van der Waals surface area contributed by atoms with Crippen molar-refractivity contribution in [3.05, 3.63) is 0 Å². The van der Waals surface area contributed by atoms with E-state index >= 15 is 0 Å². The maximum Gasteiger partial charge on any atom is 0.317 e. The second kappa shape index (κ2) is 8.39. The second-order valence-corrected chi connectivity index (χ2v) is 5.04. The van der Waals surface area contributed by atoms with Crippen LogP contribution in [0.5, 0.6) is 0 Å². The molecule has 0 aromatic rings. The Morgan fingerprint density at radius 3 is 2.40 bits per heavy atom. The fourth-order valence-electron chi connectivity index (χ4n) is 2.22. The number of nitrogens with one attached hydrogen (secondary N) is 2. The lowest BCUT2D eigenvalue weighted by Gasteiger charge is -2.32. The highest BCUT2D eigenvalue weighted by molar-refractivity contribution is 5.75. The molecule has 1 saturated heterocycles. The van der Waals surface area contributed by atoms with Gasteiger partial charge >= 0.3 is 12.0 Å². The Labute approximate surface area is 118 Å². The number of nitrogens with zero attached hydrogens (tertiary/aromatic N) is 1. The quantitative estimate of drug-likeness (QED) is 0.621. The first-order valence-corrected chi connectivity index (χ1v) is 7.00. The maximum absolute atomic E-state index is 11.8. The summed E-state index contributed by atoms with van der Waals surface area (Å²) in [7, 11) is 0. The van der Waals surface area contributed by atoms with Crippen molar-refractivity contribution in [3.63, 3.8) is 0 Å². The van der Waals surface area contributed by atoms with E-state index < -0.39 is 5.97 Å². The van der Waals surface area contributed by atoms with Crippen molar-refractivity contribution in [1.82, 2.24) is 15.5 Å². The Kier molecular flexibility index (Phi) is 6.83. The molecule has 1 rings (SSSR count). The van der Waals surface area contributed by atoms with Crippen molar-refractivity contribution in [2.75, 3.05) is 19.6 Å². The van der Waals surface area contributed by atoms with Crippen LogP contribution in [0.2, 0.25) is 0 Å². The average Bonchev–Trinajstić information content (AvgIpc) is 2.38. The van der Waals surface area contributed by atoms with Gasteiger partial charge in [-0.25, -0.2) is 4.79 Å². The molecule has 0 unspecified atom stereocenters. The second-order valence-electron chi connectivity index (χ2n) is 5.04. The van der Waals surface area contributed by atoms with Gasteiger partial charge in [-0.05, 0) is 25.7 Å². The lowest BCUT2D eigenvalue weighted by molar-refractivity contribution is -0.137. The molecule has 0 aromatic heterocycles. The number of urea groups is 1. The molecule has 7 nitrogen and oxygen atoms in total. The van der Waals surface area contributed by atoms with Gasteiger partial charge in [-0.1, -0.05) is 0 Å². The normalized spacial score (nSPS) is 15.8. The van der Waals surface area contributed by atoms with Crippen molar-refractivity contribution < 1.29 is 19.5 Å². The van der Waals surface area contributed by atoms with Crippen LogP contribution in [-0.2, 0) is 9.59 Å². The summed E-state index contributed by atoms with van der Waals surface area (Å²) in [6, 6.07) is 0.0497. The van der Waals surface area contributed by atoms with Crippen molar-refractivity contribution in [2.24, 2.45) is 0 Å². The number of carbonyl (C=O) groups excluding carboxylic acids is 2. The number of carboxylic acid groups (broad SMARTS) is 1. The summed E-state index contributed by atoms with van der Waals surface area (Å²) >= 11 is 0. The van der Waals surface area contributed by atoms with Crippen LogP contribution in [0.15, 0.2) is 0 Å². The van der Waals surface area contributed by atoms with E-state index in [4.69, 9.17) is 5.11 Å². The van der Waals surface area contributed by atoms with Gasteiger partial charge in [-0.15, -0.1) is 0 Å². The minimum Gasteiger partial charge on any atom is -0.481 e. The first-order valence-electron chi connectivity index (χ1n) is 7.00. The van der Waals surface area contributed by atoms with Crippen LogP contribution in [0.4, 0.5) is 4.79 Å². The third-order valence-electron chi connectivity index (χ3n) is 3.28. The van der Waals surface area contributed by atoms with Gasteiger partial charge in [0.05, 0.1) is 0 Å². The Hall–Kier alpha value is -1.79. The van der Waals surface area contributed by atoms with Crippen molar-refractivity contribution in [2.45, 2.75) is 45.1 Å². The third-order valence-corrected chi connectivity index (χ3v) is 3.28. The topological polar surface area (TPSA) is 98.7 Å². The number of aliphatic carboxylic acids is 1. The van der Waals surface area contributed by atoms with Gasteiger partial charge in [-0.3, -0.25) is 9.59 Å². The molecule has 1 aliphatic rings. The summed E-state index contributed by atoms with van der Waals surface area (Å²) in [5.74, 6) is -0.845. The summed E-state index contributed by atoms with van der Waals surface area (Å²) in [5.41, 5.74) is 0. The summed E-state index contributed by atoms with van der Waals surface area (Å²) in [5, 5.41) is 14.1. The monoisotopic (exact) mass is 285 g/mol. The van der Waals surface area contributed by atoms with E-state index in [1.54, 1.807) is 4.90 Å². The molecular formula is C13H23N3O4. The highest BCUT2D eigenvalue weighted by Gasteiger charge is 2.22. The van der Waals surface area contributed by atoms with Gasteiger partial charge < -0.3 is 20.6 Å². The van der Waals surface area contributed by atoms with E-state index in [0.717, 1.165) is 12.8 Å². The Balaban J connectivity index is 2.13. The van der Waals surface area contributed by atoms with Gasteiger partial charge in [0.25, 0.3) is 0 Å². The standard InChI is InChI=1S/C13H23N3O4/c1-10(17)15-11-5-8-16(9-6-11)13(20)14-7-3-2-4-12(18)19/h11H,2-9H2,1H3,(H,14,20)(H,15,17)(H,18,19). The van der Waals surface area contributed by atoms with Crippen molar-refractivity contribution in [1.29, 1.82) is 0 Å². The van der Waals surface area contributed by atoms with Crippen LogP contribution in [0.3, 0.4) is 0 Å². The zero-order chi connectivity index (χ0) is 15.0. The highest BCUT2D eigenvalue weighted by Crippen LogP contribution is 2.10. The number of likely N-dealkylation sites (tertiary alicyclic amines) is 1. The van der Waals surface area contributed by atoms with Crippen LogP contribution >= 0.6 is 0 Å². The minimum atomic E-state index is -0.809. The molecule has 1 aliphatic heterocycles. The Bertz CT molecular complexity index is 352. The fourth-order valence-corrected chi connectivity index (χ4v) is 2.22. The first-order chi connectivity index (χ1) is 9.49. The number of carboxylic acids is 1. The lowest BCUT2D eigenvalue weighted by atomic mass is 10.1. The van der Waals surface area contributed by atoms with Gasteiger partial charge in [0.15, 0.2) is 0 Å². The van der Waals surface area contributed by atoms with Gasteiger partial charge in [0.2, 0.25) is 5.91 Å². The smallest absolute Gasteiger partial charge is 0.317 e. The van der Waals surface area contributed by atoms with E-state index in [-0.39, 0.29) is 24.4 Å². The molecule has 1 heterocycles. The number of hydrogen-bond acceptors (Lipinski definition) is 3. The molecule has 0 radical (unpaired) electrons. The molecule has 20 heavy (non-hydrogen) atoms. The molecule has 0 spiro atoms. The lowest BCUT2D eigenvalue weighted by Crippen LogP contribution is -2.49. The number of hydrogen-bond donors (Lipinski definition) is 3. The molecule has 114 valence electrons. The van der Waals surface area contributed by atoms with Gasteiger partial charge in [0.1, 0.15) is 0 Å². The number of piperidine rings is 1. The summed E-state index contributed by atoms with van der Waals surface area (Å²) in [6.07, 6.45) is 2.91. The van der Waals surface area contributed by atoms with E-state index in [1.165, 1.54) is 6.92 Å². The molecule has 0 saturated carbocycles. The molecule has 0 aliphatic carbocycles. The van der Waals surface area contributed by atoms with E-state index in [0.29, 0.717) is 32.5 Å². The van der Waals surface area contributed by atoms with Crippen molar-refractivity contribution >= 4 is 17.9 Å². The minimum absolute atomic E-state index is 0.0358. The zero-order valence-corrected chi connectivity index (χ0v) is 11.9. The molecule has 1 fully saturated rings. The molecule has 3 N–H and O–H groups in total. The van der Waals surface area contributed by atoms with Crippen LogP contribution in [0.1, 0.15) is 39.0 Å². The van der Waals surface area contributed by atoms with Crippen molar-refractivity contribution in [3.8, 4) is 0 Å². The largest absolute Gasteiger partial charge is 0.481 e. The van der Waals surface area contributed by atoms with Crippen LogP contribution in [-0.4, -0.2) is 53.6 Å². The fraction of sp³-hybridized carbons (Fsp3) is 0.769. The van der Waals surface area contributed by atoms with E-state index in [2.05, 4.69) is 10.6 Å². The molecule has 0 bridgehead atoms. The molecular weight excluding hydrogens is 262 g/mol. The maximum atomic E-state index is 11.8. The first kappa shape index (κ1) is 16.3. The Morgan fingerprint density at radius 1 is 1.20 bits per heavy atom. The predicted molar refractivity (Wildman–Crippen MR) is 73.3 cm³/mol. The summed E-state index contributed by atoms with van der Waals surface area (Å²) in [6.45, 7) is 3.26. The molecule has 7 heteroatoms. The van der Waals surface area contributed by atoms with Gasteiger partial charge in [0, 0.05) is 39.0 Å². The van der Waals surface area contributed by atoms with E-state index in [1.807, 2.05) is 0 Å². The van der Waals surface area contributed by atoms with Crippen LogP contribution in [0, 0.1) is 0 Å². The third kappa shape index (κ3) is 6.40. The van der Waals surface area contributed by atoms with E-state index in [9.17, 15) is 14.4 Å². The SMILES string of the molecule is CC(=O)NC1CCN(C(=O)NCCCCC(=O)O)CC1. The van der Waals surface area contributed by atoms with Crippen LogP contribution in [0.25, 0.3) is 0 Å². The number of amides is 3. The van der Waals surface area contributed by atoms with Gasteiger partial charge in [-0.2, -0.15) is 0 Å². The number of unbranched alkanes of at least 4 members (excludes halogenated alkanes) is 1. The zero-order valence-electron chi connectivity index (χ0n) is 11.9. The summed E-state index contributed by atoms with van der Waals surface area (Å²) < 4.78 is 0. The molecule has 0 atom stereocenters. The Morgan fingerprint density at radius 2 is 1.85 bits per heavy atom. The highest BCUT2D eigenvalue weighted by atomic mass is 16.4. The summed E-state index contributed by atoms with van der Waals surface area (Å²) in [4.78, 5) is 34.8. The number of carbonyl (C=O) groups is 3.